The van der Waals surface area contributed by atoms with E-state index in [0.29, 0.717) is 13.1 Å². The van der Waals surface area contributed by atoms with Crippen molar-refractivity contribution in [1.82, 2.24) is 14.5 Å². The third kappa shape index (κ3) is 6.90. The summed E-state index contributed by atoms with van der Waals surface area (Å²) in [7, 11) is -3.46. The van der Waals surface area contributed by atoms with Gasteiger partial charge in [-0.25, -0.2) is 8.42 Å². The highest BCUT2D eigenvalue weighted by atomic mass is 32.2. The number of rotatable bonds is 9. The number of carbonyl (C=O) groups is 1. The molecule has 1 heterocycles. The molecule has 0 aromatic heterocycles. The molecule has 7 heteroatoms. The predicted molar refractivity (Wildman–Crippen MR) is 130 cm³/mol. The maximum Gasteiger partial charge on any atom is 0.244 e. The average Bonchev–Trinajstić information content (AvgIpc) is 2.80. The van der Waals surface area contributed by atoms with Gasteiger partial charge < -0.3 is 10.2 Å². The average molecular weight is 462 g/mol. The number of benzene rings is 1. The molecule has 0 atom stereocenters. The van der Waals surface area contributed by atoms with E-state index in [1.165, 1.54) is 43.0 Å². The van der Waals surface area contributed by atoms with Gasteiger partial charge in [-0.1, -0.05) is 45.2 Å². The monoisotopic (exact) mass is 461 g/mol. The van der Waals surface area contributed by atoms with Crippen LogP contribution >= 0.6 is 0 Å². The van der Waals surface area contributed by atoms with Gasteiger partial charge in [0.05, 0.1) is 4.90 Å². The molecule has 1 N–H and O–H groups in total. The van der Waals surface area contributed by atoms with Gasteiger partial charge in [0, 0.05) is 44.8 Å². The van der Waals surface area contributed by atoms with Crippen LogP contribution in [-0.4, -0.2) is 62.3 Å². The molecule has 1 aliphatic carbocycles. The Morgan fingerprint density at radius 1 is 1.03 bits per heavy atom. The van der Waals surface area contributed by atoms with E-state index in [2.05, 4.69) is 10.2 Å². The quantitative estimate of drug-likeness (QED) is 0.567. The minimum absolute atomic E-state index is 0.0874. The molecule has 6 nitrogen and oxygen atoms in total. The third-order valence-corrected chi connectivity index (χ3v) is 8.89. The van der Waals surface area contributed by atoms with Crippen molar-refractivity contribution in [2.45, 2.75) is 69.7 Å². The van der Waals surface area contributed by atoms with E-state index in [-0.39, 0.29) is 16.8 Å². The van der Waals surface area contributed by atoms with E-state index >= 15 is 0 Å². The Bertz CT molecular complexity index is 849. The summed E-state index contributed by atoms with van der Waals surface area (Å²) in [6.07, 6.45) is 12.2. The number of nitrogens with one attached hydrogen (secondary N) is 1. The first-order valence-corrected chi connectivity index (χ1v) is 13.7. The highest BCUT2D eigenvalue weighted by molar-refractivity contribution is 7.89. The lowest BCUT2D eigenvalue weighted by Gasteiger charge is -2.35. The second kappa shape index (κ2) is 12.0. The molecule has 1 aliphatic heterocycles. The Morgan fingerprint density at radius 2 is 1.66 bits per heavy atom. The van der Waals surface area contributed by atoms with Crippen LogP contribution in [0.4, 0.5) is 0 Å². The largest absolute Gasteiger partial charge is 0.350 e. The molecule has 1 saturated heterocycles. The van der Waals surface area contributed by atoms with Crippen molar-refractivity contribution in [1.29, 1.82) is 0 Å². The van der Waals surface area contributed by atoms with Crippen molar-refractivity contribution in [3.63, 3.8) is 0 Å². The molecular formula is C25H39N3O3S. The van der Waals surface area contributed by atoms with Crippen molar-refractivity contribution < 1.29 is 13.2 Å². The third-order valence-electron chi connectivity index (χ3n) is 6.83. The van der Waals surface area contributed by atoms with Crippen LogP contribution in [0.2, 0.25) is 0 Å². The molecular weight excluding hydrogens is 422 g/mol. The lowest BCUT2D eigenvalue weighted by atomic mass is 9.88. The molecule has 1 saturated carbocycles. The van der Waals surface area contributed by atoms with Gasteiger partial charge in [0.1, 0.15) is 0 Å². The molecule has 0 spiro atoms. The van der Waals surface area contributed by atoms with Crippen LogP contribution in [0, 0.1) is 5.92 Å². The Labute approximate surface area is 194 Å². The standard InChI is InChI=1S/C25H39N3O3S/c1-3-28(4-2)32(30,31)24-13-10-21(11-14-24)12-15-25(29)26-23-16-18-27(19-17-23)20-22-8-6-5-7-9-22/h10-15,22-23H,3-9,16-20H2,1-2H3,(H,26,29)/b15-12+. The summed E-state index contributed by atoms with van der Waals surface area (Å²) >= 11 is 0. The van der Waals surface area contributed by atoms with Crippen LogP contribution in [0.1, 0.15) is 64.4 Å². The first-order valence-electron chi connectivity index (χ1n) is 12.2. The number of piperidine rings is 1. The smallest absolute Gasteiger partial charge is 0.244 e. The molecule has 1 aromatic rings. The molecule has 2 fully saturated rings. The van der Waals surface area contributed by atoms with E-state index in [1.54, 1.807) is 36.4 Å². The highest BCUT2D eigenvalue weighted by Gasteiger charge is 2.23. The summed E-state index contributed by atoms with van der Waals surface area (Å²) in [6.45, 7) is 7.90. The van der Waals surface area contributed by atoms with Gasteiger partial charge in [0.15, 0.2) is 0 Å². The molecule has 2 aliphatic rings. The molecule has 1 aromatic carbocycles. The summed E-state index contributed by atoms with van der Waals surface area (Å²) in [5, 5.41) is 3.12. The first kappa shape index (κ1) is 24.9. The summed E-state index contributed by atoms with van der Waals surface area (Å²) in [4.78, 5) is 15.2. The van der Waals surface area contributed by atoms with E-state index in [0.717, 1.165) is 37.4 Å². The molecule has 178 valence electrons. The molecule has 0 unspecified atom stereocenters. The zero-order valence-electron chi connectivity index (χ0n) is 19.6. The van der Waals surface area contributed by atoms with E-state index in [4.69, 9.17) is 0 Å². The Balaban J connectivity index is 1.44. The Morgan fingerprint density at radius 3 is 2.25 bits per heavy atom. The molecule has 0 radical (unpaired) electrons. The zero-order valence-corrected chi connectivity index (χ0v) is 20.4. The minimum atomic E-state index is -3.46. The van der Waals surface area contributed by atoms with Gasteiger partial charge >= 0.3 is 0 Å². The number of hydrogen-bond donors (Lipinski definition) is 1. The van der Waals surface area contributed by atoms with Gasteiger partial charge in [0.2, 0.25) is 15.9 Å². The van der Waals surface area contributed by atoms with Crippen LogP contribution < -0.4 is 5.32 Å². The topological polar surface area (TPSA) is 69.7 Å². The van der Waals surface area contributed by atoms with Gasteiger partial charge in [-0.05, 0) is 55.4 Å². The maximum absolute atomic E-state index is 12.6. The van der Waals surface area contributed by atoms with Crippen LogP contribution in [0.3, 0.4) is 0 Å². The number of nitrogens with zero attached hydrogens (tertiary/aromatic N) is 2. The zero-order chi connectivity index (χ0) is 23.0. The highest BCUT2D eigenvalue weighted by Crippen LogP contribution is 2.25. The first-order chi connectivity index (χ1) is 15.4. The number of amides is 1. The molecule has 3 rings (SSSR count). The number of hydrogen-bond acceptors (Lipinski definition) is 4. The van der Waals surface area contributed by atoms with Crippen molar-refractivity contribution in [2.24, 2.45) is 5.92 Å². The molecule has 32 heavy (non-hydrogen) atoms. The summed E-state index contributed by atoms with van der Waals surface area (Å²) in [5.41, 5.74) is 0.806. The van der Waals surface area contributed by atoms with Crippen molar-refractivity contribution in [3.05, 3.63) is 35.9 Å². The molecule has 1 amide bonds. The lowest BCUT2D eigenvalue weighted by molar-refractivity contribution is -0.117. The summed E-state index contributed by atoms with van der Waals surface area (Å²) < 4.78 is 26.6. The Kier molecular flexibility index (Phi) is 9.32. The van der Waals surface area contributed by atoms with Crippen LogP contribution in [0.15, 0.2) is 35.2 Å². The van der Waals surface area contributed by atoms with Gasteiger partial charge in [-0.15, -0.1) is 0 Å². The second-order valence-corrected chi connectivity index (χ2v) is 11.0. The van der Waals surface area contributed by atoms with Gasteiger partial charge in [-0.2, -0.15) is 4.31 Å². The predicted octanol–water partition coefficient (Wildman–Crippen LogP) is 3.89. The van der Waals surface area contributed by atoms with Crippen molar-refractivity contribution in [3.8, 4) is 0 Å². The molecule has 0 bridgehead atoms. The normalized spacial score (nSPS) is 19.6. The summed E-state index contributed by atoms with van der Waals surface area (Å²) in [5.74, 6) is 0.779. The fraction of sp³-hybridized carbons (Fsp3) is 0.640. The number of likely N-dealkylation sites (tertiary alicyclic amines) is 1. The van der Waals surface area contributed by atoms with Crippen LogP contribution in [0.5, 0.6) is 0 Å². The maximum atomic E-state index is 12.6. The van der Waals surface area contributed by atoms with E-state index < -0.39 is 10.0 Å². The Hall–Kier alpha value is -1.70. The minimum Gasteiger partial charge on any atom is -0.350 e. The van der Waals surface area contributed by atoms with Crippen molar-refractivity contribution >= 4 is 22.0 Å². The number of sulfonamides is 1. The van der Waals surface area contributed by atoms with E-state index in [1.807, 2.05) is 13.8 Å². The second-order valence-electron chi connectivity index (χ2n) is 9.08. The van der Waals surface area contributed by atoms with Gasteiger partial charge in [-0.3, -0.25) is 4.79 Å². The van der Waals surface area contributed by atoms with Crippen LogP contribution in [-0.2, 0) is 14.8 Å². The van der Waals surface area contributed by atoms with E-state index in [9.17, 15) is 13.2 Å². The fourth-order valence-corrected chi connectivity index (χ4v) is 6.34. The van der Waals surface area contributed by atoms with Crippen molar-refractivity contribution in [2.75, 3.05) is 32.7 Å². The summed E-state index contributed by atoms with van der Waals surface area (Å²) in [6, 6.07) is 6.92. The van der Waals surface area contributed by atoms with Crippen LogP contribution in [0.25, 0.3) is 6.08 Å². The lowest BCUT2D eigenvalue weighted by Crippen LogP contribution is -2.45. The fourth-order valence-electron chi connectivity index (χ4n) is 4.88. The SMILES string of the molecule is CCN(CC)S(=O)(=O)c1ccc(/C=C/C(=O)NC2CCN(CC3CCCCC3)CC2)cc1. The number of carbonyl (C=O) groups excluding carboxylic acids is 1. The van der Waals surface area contributed by atoms with Gasteiger partial charge in [0.25, 0.3) is 0 Å².